The summed E-state index contributed by atoms with van der Waals surface area (Å²) in [6, 6.07) is 21.0. The van der Waals surface area contributed by atoms with Crippen molar-refractivity contribution in [2.45, 2.75) is 38.2 Å². The summed E-state index contributed by atoms with van der Waals surface area (Å²) in [5.74, 6) is -0.658. The average Bonchev–Trinajstić information content (AvgIpc) is 3.38. The van der Waals surface area contributed by atoms with Gasteiger partial charge in [0, 0.05) is 5.56 Å². The Bertz CT molecular complexity index is 1360. The summed E-state index contributed by atoms with van der Waals surface area (Å²) in [5, 5.41) is 4.31. The summed E-state index contributed by atoms with van der Waals surface area (Å²) in [4.78, 5) is 16.7. The predicted molar refractivity (Wildman–Crippen MR) is 128 cm³/mol. The van der Waals surface area contributed by atoms with Gasteiger partial charge in [-0.25, -0.2) is 9.67 Å². The second-order valence-electron chi connectivity index (χ2n) is 8.29. The largest absolute Gasteiger partial charge is 0.499 e. The lowest BCUT2D eigenvalue weighted by Gasteiger charge is -2.20. The first kappa shape index (κ1) is 26.8. The number of hydrogen-bond acceptors (Lipinski definition) is 5. The summed E-state index contributed by atoms with van der Waals surface area (Å²) in [5.41, 5.74) is 2.70. The van der Waals surface area contributed by atoms with Crippen molar-refractivity contribution in [1.82, 2.24) is 14.8 Å². The highest BCUT2D eigenvalue weighted by Crippen LogP contribution is 2.37. The van der Waals surface area contributed by atoms with E-state index in [0.717, 1.165) is 23.3 Å². The van der Waals surface area contributed by atoms with E-state index in [-0.39, 0.29) is 18.5 Å². The van der Waals surface area contributed by atoms with Crippen LogP contribution in [0.3, 0.4) is 0 Å². The van der Waals surface area contributed by atoms with Crippen molar-refractivity contribution >= 4 is 5.97 Å². The summed E-state index contributed by atoms with van der Waals surface area (Å²) in [6.45, 7) is 1.94. The Morgan fingerprint density at radius 2 is 1.58 bits per heavy atom. The normalized spacial score (nSPS) is 12.7. The smallest absolute Gasteiger partial charge is 0.457 e. The van der Waals surface area contributed by atoms with Crippen LogP contribution in [0.5, 0.6) is 5.75 Å². The van der Waals surface area contributed by atoms with E-state index < -0.39 is 18.0 Å². The summed E-state index contributed by atoms with van der Waals surface area (Å²) in [6.07, 6.45) is -9.35. The second kappa shape index (κ2) is 11.0. The standard InChI is InChI=1S/C27H22F5N3O3/c1-2-23(19-6-4-3-5-7-19)37-24(36)16-18-8-10-20(11-9-18)25-33-17-35(34-25)21-12-14-22(15-13-21)38-27(31,32)26(28,29)30/h3-15,17,23H,2,16H2,1H3. The second-order valence-corrected chi connectivity index (χ2v) is 8.29. The van der Waals surface area contributed by atoms with Gasteiger partial charge < -0.3 is 9.47 Å². The van der Waals surface area contributed by atoms with Crippen molar-refractivity contribution in [2.24, 2.45) is 0 Å². The molecule has 0 N–H and O–H groups in total. The SMILES string of the molecule is CCC(OC(=O)Cc1ccc(-c2ncn(-c3ccc(OC(F)(F)C(F)(F)F)cc3)n2)cc1)c1ccccc1. The molecule has 0 aliphatic heterocycles. The van der Waals surface area contributed by atoms with E-state index in [4.69, 9.17) is 4.74 Å². The number of carbonyl (C=O) groups is 1. The van der Waals surface area contributed by atoms with Crippen molar-refractivity contribution in [3.63, 3.8) is 0 Å². The molecule has 0 bridgehead atoms. The third-order valence-corrected chi connectivity index (χ3v) is 5.55. The fraction of sp³-hybridized carbons (Fsp3) is 0.222. The number of ether oxygens (including phenoxy) is 2. The first-order valence-electron chi connectivity index (χ1n) is 11.5. The van der Waals surface area contributed by atoms with Gasteiger partial charge in [-0.15, -0.1) is 5.10 Å². The molecule has 4 aromatic rings. The van der Waals surface area contributed by atoms with Crippen LogP contribution in [0.25, 0.3) is 17.1 Å². The summed E-state index contributed by atoms with van der Waals surface area (Å²) >= 11 is 0. The van der Waals surface area contributed by atoms with Crippen LogP contribution in [0.1, 0.15) is 30.6 Å². The van der Waals surface area contributed by atoms with Gasteiger partial charge >= 0.3 is 18.3 Å². The van der Waals surface area contributed by atoms with Crippen molar-refractivity contribution in [3.8, 4) is 22.8 Å². The van der Waals surface area contributed by atoms with Crippen molar-refractivity contribution in [1.29, 1.82) is 0 Å². The minimum atomic E-state index is -5.83. The van der Waals surface area contributed by atoms with Gasteiger partial charge in [-0.1, -0.05) is 61.5 Å². The quantitative estimate of drug-likeness (QED) is 0.178. The Hall–Kier alpha value is -4.28. The zero-order valence-corrected chi connectivity index (χ0v) is 20.0. The lowest BCUT2D eigenvalue weighted by atomic mass is 10.1. The van der Waals surface area contributed by atoms with Crippen LogP contribution in [-0.4, -0.2) is 33.0 Å². The minimum absolute atomic E-state index is 0.0906. The number of esters is 1. The van der Waals surface area contributed by atoms with Crippen LogP contribution in [0.4, 0.5) is 22.0 Å². The highest BCUT2D eigenvalue weighted by molar-refractivity contribution is 5.73. The highest BCUT2D eigenvalue weighted by Gasteiger charge is 2.61. The third-order valence-electron chi connectivity index (χ3n) is 5.55. The molecule has 0 fully saturated rings. The van der Waals surface area contributed by atoms with Crippen LogP contribution >= 0.6 is 0 Å². The number of halogens is 5. The maximum Gasteiger partial charge on any atom is 0.499 e. The molecule has 0 radical (unpaired) electrons. The minimum Gasteiger partial charge on any atom is -0.457 e. The van der Waals surface area contributed by atoms with Gasteiger partial charge in [0.15, 0.2) is 5.82 Å². The first-order chi connectivity index (χ1) is 18.1. The first-order valence-corrected chi connectivity index (χ1v) is 11.5. The molecule has 1 unspecified atom stereocenters. The van der Waals surface area contributed by atoms with E-state index in [9.17, 15) is 26.7 Å². The van der Waals surface area contributed by atoms with Crippen LogP contribution < -0.4 is 4.74 Å². The predicted octanol–water partition coefficient (Wildman–Crippen LogP) is 6.71. The third kappa shape index (κ3) is 6.34. The number of aromatic nitrogens is 3. The summed E-state index contributed by atoms with van der Waals surface area (Å²) in [7, 11) is 0. The molecule has 198 valence electrons. The van der Waals surface area contributed by atoms with Crippen LogP contribution in [-0.2, 0) is 16.0 Å². The molecular weight excluding hydrogens is 509 g/mol. The molecule has 6 nitrogen and oxygen atoms in total. The number of hydrogen-bond donors (Lipinski definition) is 0. The van der Waals surface area contributed by atoms with Gasteiger partial charge in [-0.05, 0) is 41.8 Å². The number of alkyl halides is 5. The van der Waals surface area contributed by atoms with E-state index >= 15 is 0 Å². The molecule has 0 saturated carbocycles. The van der Waals surface area contributed by atoms with Crippen molar-refractivity contribution in [3.05, 3.63) is 96.3 Å². The number of rotatable bonds is 9. The van der Waals surface area contributed by atoms with E-state index in [2.05, 4.69) is 14.8 Å². The molecule has 4 rings (SSSR count). The van der Waals surface area contributed by atoms with E-state index in [1.807, 2.05) is 37.3 Å². The van der Waals surface area contributed by atoms with E-state index in [1.54, 1.807) is 24.3 Å². The maximum absolute atomic E-state index is 13.1. The molecule has 1 atom stereocenters. The number of nitrogens with zero attached hydrogens (tertiary/aromatic N) is 3. The molecule has 11 heteroatoms. The van der Waals surface area contributed by atoms with Crippen molar-refractivity contribution in [2.75, 3.05) is 0 Å². The van der Waals surface area contributed by atoms with Crippen LogP contribution in [0.2, 0.25) is 0 Å². The molecule has 3 aromatic carbocycles. The van der Waals surface area contributed by atoms with Gasteiger partial charge in [0.2, 0.25) is 0 Å². The molecule has 0 spiro atoms. The van der Waals surface area contributed by atoms with Gasteiger partial charge in [-0.2, -0.15) is 22.0 Å². The molecule has 38 heavy (non-hydrogen) atoms. The Morgan fingerprint density at radius 1 is 0.921 bits per heavy atom. The van der Waals surface area contributed by atoms with Crippen LogP contribution in [0, 0.1) is 0 Å². The van der Waals surface area contributed by atoms with E-state index in [1.165, 1.54) is 23.1 Å². The monoisotopic (exact) mass is 531 g/mol. The molecular formula is C27H22F5N3O3. The number of carbonyl (C=O) groups excluding carboxylic acids is 1. The average molecular weight is 531 g/mol. The molecule has 1 heterocycles. The summed E-state index contributed by atoms with van der Waals surface area (Å²) < 4.78 is 73.9. The zero-order chi connectivity index (χ0) is 27.3. The maximum atomic E-state index is 13.1. The van der Waals surface area contributed by atoms with Crippen molar-refractivity contribution < 1.29 is 36.2 Å². The Morgan fingerprint density at radius 3 is 2.18 bits per heavy atom. The number of benzene rings is 3. The highest BCUT2D eigenvalue weighted by atomic mass is 19.4. The lowest BCUT2D eigenvalue weighted by Crippen LogP contribution is -2.41. The van der Waals surface area contributed by atoms with E-state index in [0.29, 0.717) is 23.5 Å². The van der Waals surface area contributed by atoms with Crippen LogP contribution in [0.15, 0.2) is 85.2 Å². The zero-order valence-electron chi connectivity index (χ0n) is 20.0. The van der Waals surface area contributed by atoms with Gasteiger partial charge in [0.1, 0.15) is 18.2 Å². The molecule has 0 aliphatic rings. The van der Waals surface area contributed by atoms with Gasteiger partial charge in [0.25, 0.3) is 0 Å². The molecule has 0 aliphatic carbocycles. The lowest BCUT2D eigenvalue weighted by molar-refractivity contribution is -0.360. The fourth-order valence-corrected chi connectivity index (χ4v) is 3.59. The molecule has 0 amide bonds. The van der Waals surface area contributed by atoms with Gasteiger partial charge in [-0.3, -0.25) is 4.79 Å². The molecule has 1 aromatic heterocycles. The topological polar surface area (TPSA) is 66.2 Å². The fourth-order valence-electron chi connectivity index (χ4n) is 3.59. The van der Waals surface area contributed by atoms with Gasteiger partial charge in [0.05, 0.1) is 12.1 Å². The Labute approximate surface area is 214 Å². The Kier molecular flexibility index (Phi) is 7.75. The molecule has 0 saturated heterocycles. The Balaban J connectivity index is 1.38.